The van der Waals surface area contributed by atoms with Gasteiger partial charge in [0.05, 0.1) is 24.4 Å². The van der Waals surface area contributed by atoms with Gasteiger partial charge in [-0.05, 0) is 31.2 Å². The lowest BCUT2D eigenvalue weighted by atomic mass is 10.1. The highest BCUT2D eigenvalue weighted by molar-refractivity contribution is 5.68. The van der Waals surface area contributed by atoms with Crippen LogP contribution in [-0.4, -0.2) is 39.4 Å². The van der Waals surface area contributed by atoms with E-state index in [1.807, 2.05) is 25.2 Å². The molecule has 0 bridgehead atoms. The molecule has 1 atom stereocenters. The summed E-state index contributed by atoms with van der Waals surface area (Å²) in [6.45, 7) is 2.24. The van der Waals surface area contributed by atoms with Crippen LogP contribution < -0.4 is 15.5 Å². The Kier molecular flexibility index (Phi) is 5.01. The summed E-state index contributed by atoms with van der Waals surface area (Å²) >= 11 is 0. The maximum atomic E-state index is 11.2. The Balaban J connectivity index is 2.09. The molecule has 6 nitrogen and oxygen atoms in total. The minimum Gasteiger partial charge on any atom is -0.453 e. The van der Waals surface area contributed by atoms with E-state index in [2.05, 4.69) is 26.3 Å². The largest absolute Gasteiger partial charge is 0.453 e. The number of methoxy groups -OCH3 is 1. The van der Waals surface area contributed by atoms with Gasteiger partial charge in [0.2, 0.25) is 0 Å². The van der Waals surface area contributed by atoms with Crippen molar-refractivity contribution in [1.29, 1.82) is 5.26 Å². The number of amides is 1. The molecule has 0 aromatic heterocycles. The number of carbonyl (C=O) groups excluding carboxylic acids is 1. The topological polar surface area (TPSA) is 77.4 Å². The molecule has 1 aliphatic rings. The number of nitrogens with zero attached hydrogens (tertiary/aromatic N) is 2. The number of hydrogen-bond donors (Lipinski definition) is 2. The monoisotopic (exact) mass is 288 g/mol. The third-order valence-corrected chi connectivity index (χ3v) is 3.60. The molecule has 6 heteroatoms. The molecule has 112 valence electrons. The van der Waals surface area contributed by atoms with E-state index in [9.17, 15) is 10.1 Å². The van der Waals surface area contributed by atoms with Crippen molar-refractivity contribution in [3.8, 4) is 6.07 Å². The molecule has 1 saturated heterocycles. The van der Waals surface area contributed by atoms with Crippen molar-refractivity contribution in [3.63, 3.8) is 0 Å². The summed E-state index contributed by atoms with van der Waals surface area (Å²) in [7, 11) is 3.24. The fraction of sp³-hybridized carbons (Fsp3) is 0.467. The van der Waals surface area contributed by atoms with E-state index in [1.165, 1.54) is 7.11 Å². The lowest BCUT2D eigenvalue weighted by Gasteiger charge is -2.20. The quantitative estimate of drug-likeness (QED) is 0.871. The first-order valence-electron chi connectivity index (χ1n) is 6.95. The molecule has 1 fully saturated rings. The predicted molar refractivity (Wildman–Crippen MR) is 80.1 cm³/mol. The third kappa shape index (κ3) is 3.64. The molecular formula is C15H20N4O2. The number of anilines is 1. The van der Waals surface area contributed by atoms with Crippen LogP contribution in [0.4, 0.5) is 10.5 Å². The Labute approximate surface area is 124 Å². The fourth-order valence-electron chi connectivity index (χ4n) is 2.59. The maximum absolute atomic E-state index is 11.2. The summed E-state index contributed by atoms with van der Waals surface area (Å²) in [6.07, 6.45) is 0.435. The number of rotatable bonds is 4. The Morgan fingerprint density at radius 1 is 1.57 bits per heavy atom. The van der Waals surface area contributed by atoms with Crippen LogP contribution in [0.1, 0.15) is 17.5 Å². The molecule has 0 spiro atoms. The van der Waals surface area contributed by atoms with Crippen LogP contribution in [0.3, 0.4) is 0 Å². The molecule has 2 rings (SSSR count). The van der Waals surface area contributed by atoms with E-state index in [1.54, 1.807) is 0 Å². The van der Waals surface area contributed by atoms with Crippen LogP contribution in [0, 0.1) is 11.3 Å². The third-order valence-electron chi connectivity index (χ3n) is 3.60. The van der Waals surface area contributed by atoms with Gasteiger partial charge in [-0.1, -0.05) is 6.07 Å². The average molecular weight is 288 g/mol. The van der Waals surface area contributed by atoms with E-state index >= 15 is 0 Å². The van der Waals surface area contributed by atoms with Crippen molar-refractivity contribution in [2.75, 3.05) is 32.1 Å². The standard InChI is InChI=1S/C15H20N4O2/c1-17-9-11-3-4-14(12(7-11)8-16)19-6-5-13(10-19)18-15(20)21-2/h3-4,7,13,17H,5-6,9-10H2,1-2H3,(H,18,20). The second-order valence-corrected chi connectivity index (χ2v) is 5.06. The molecular weight excluding hydrogens is 268 g/mol. The second kappa shape index (κ2) is 6.95. The van der Waals surface area contributed by atoms with Crippen molar-refractivity contribution in [2.45, 2.75) is 19.0 Å². The summed E-state index contributed by atoms with van der Waals surface area (Å²) in [6, 6.07) is 8.22. The van der Waals surface area contributed by atoms with Crippen molar-refractivity contribution < 1.29 is 9.53 Å². The first-order chi connectivity index (χ1) is 10.2. The van der Waals surface area contributed by atoms with Crippen LogP contribution in [0.5, 0.6) is 0 Å². The number of carbonyl (C=O) groups is 1. The van der Waals surface area contributed by atoms with Gasteiger partial charge >= 0.3 is 6.09 Å². The molecule has 21 heavy (non-hydrogen) atoms. The van der Waals surface area contributed by atoms with Gasteiger partial charge in [-0.2, -0.15) is 5.26 Å². The van der Waals surface area contributed by atoms with Gasteiger partial charge in [0.15, 0.2) is 0 Å². The number of nitriles is 1. The van der Waals surface area contributed by atoms with Crippen LogP contribution in [0.15, 0.2) is 18.2 Å². The van der Waals surface area contributed by atoms with Gasteiger partial charge in [-0.25, -0.2) is 4.79 Å². The summed E-state index contributed by atoms with van der Waals surface area (Å²) in [5.74, 6) is 0. The zero-order valence-electron chi connectivity index (χ0n) is 12.3. The highest BCUT2D eigenvalue weighted by atomic mass is 16.5. The Hall–Kier alpha value is -2.26. The highest BCUT2D eigenvalue weighted by Crippen LogP contribution is 2.25. The van der Waals surface area contributed by atoms with Gasteiger partial charge in [-0.3, -0.25) is 0 Å². The lowest BCUT2D eigenvalue weighted by Crippen LogP contribution is -2.37. The molecule has 1 aromatic rings. The highest BCUT2D eigenvalue weighted by Gasteiger charge is 2.25. The molecule has 1 amide bonds. The summed E-state index contributed by atoms with van der Waals surface area (Å²) in [4.78, 5) is 13.4. The molecule has 0 aliphatic carbocycles. The van der Waals surface area contributed by atoms with Crippen molar-refractivity contribution >= 4 is 11.8 Å². The zero-order valence-corrected chi connectivity index (χ0v) is 12.3. The van der Waals surface area contributed by atoms with E-state index in [-0.39, 0.29) is 6.04 Å². The van der Waals surface area contributed by atoms with Crippen molar-refractivity contribution in [2.24, 2.45) is 0 Å². The first-order valence-corrected chi connectivity index (χ1v) is 6.95. The molecule has 0 saturated carbocycles. The molecule has 2 N–H and O–H groups in total. The van der Waals surface area contributed by atoms with Gasteiger partial charge in [-0.15, -0.1) is 0 Å². The maximum Gasteiger partial charge on any atom is 0.407 e. The van der Waals surface area contributed by atoms with Crippen molar-refractivity contribution in [1.82, 2.24) is 10.6 Å². The van der Waals surface area contributed by atoms with Crippen LogP contribution in [-0.2, 0) is 11.3 Å². The zero-order chi connectivity index (χ0) is 15.2. The normalized spacial score (nSPS) is 17.4. The molecule has 1 unspecified atom stereocenters. The van der Waals surface area contributed by atoms with Gasteiger partial charge < -0.3 is 20.3 Å². The number of nitrogens with one attached hydrogen (secondary N) is 2. The summed E-state index contributed by atoms with van der Waals surface area (Å²) in [5.41, 5.74) is 2.68. The smallest absolute Gasteiger partial charge is 0.407 e. The van der Waals surface area contributed by atoms with Gasteiger partial charge in [0.25, 0.3) is 0 Å². The minimum atomic E-state index is -0.410. The molecule has 1 aromatic carbocycles. The van der Waals surface area contributed by atoms with E-state index in [0.717, 1.165) is 30.8 Å². The Morgan fingerprint density at radius 3 is 3.05 bits per heavy atom. The Bertz CT molecular complexity index is 553. The number of alkyl carbamates (subject to hydrolysis) is 1. The Morgan fingerprint density at radius 2 is 2.38 bits per heavy atom. The summed E-state index contributed by atoms with van der Waals surface area (Å²) in [5, 5.41) is 15.2. The first kappa shape index (κ1) is 15.1. The van der Waals surface area contributed by atoms with Crippen LogP contribution in [0.25, 0.3) is 0 Å². The molecule has 0 radical (unpaired) electrons. The van der Waals surface area contributed by atoms with Gasteiger partial charge in [0, 0.05) is 19.6 Å². The average Bonchev–Trinajstić information content (AvgIpc) is 2.95. The second-order valence-electron chi connectivity index (χ2n) is 5.06. The minimum absolute atomic E-state index is 0.0565. The van der Waals surface area contributed by atoms with E-state index in [4.69, 9.17) is 0 Å². The number of hydrogen-bond acceptors (Lipinski definition) is 5. The SMILES string of the molecule is CNCc1ccc(N2CCC(NC(=O)OC)C2)c(C#N)c1. The number of ether oxygens (including phenoxy) is 1. The lowest BCUT2D eigenvalue weighted by molar-refractivity contribution is 0.167. The fourth-order valence-corrected chi connectivity index (χ4v) is 2.59. The van der Waals surface area contributed by atoms with Crippen LogP contribution >= 0.6 is 0 Å². The van der Waals surface area contributed by atoms with Crippen LogP contribution in [0.2, 0.25) is 0 Å². The van der Waals surface area contributed by atoms with E-state index in [0.29, 0.717) is 12.1 Å². The van der Waals surface area contributed by atoms with E-state index < -0.39 is 6.09 Å². The molecule has 1 heterocycles. The van der Waals surface area contributed by atoms with Gasteiger partial charge in [0.1, 0.15) is 6.07 Å². The summed E-state index contributed by atoms with van der Waals surface area (Å²) < 4.78 is 4.61. The molecule has 1 aliphatic heterocycles. The number of benzene rings is 1. The van der Waals surface area contributed by atoms with Crippen molar-refractivity contribution in [3.05, 3.63) is 29.3 Å². The predicted octanol–water partition coefficient (Wildman–Crippen LogP) is 1.21.